The second kappa shape index (κ2) is 8.87. The number of pyridine rings is 3. The Kier molecular flexibility index (Phi) is 5.48. The summed E-state index contributed by atoms with van der Waals surface area (Å²) in [6.07, 6.45) is 9.38. The molecule has 0 N–H and O–H groups in total. The van der Waals surface area contributed by atoms with Crippen LogP contribution < -0.4 is 4.74 Å². The molecule has 0 fully saturated rings. The van der Waals surface area contributed by atoms with Crippen LogP contribution in [0.1, 0.15) is 26.3 Å². The third-order valence-corrected chi connectivity index (χ3v) is 7.50. The molecular weight excluding hydrogens is 677 g/mol. The van der Waals surface area contributed by atoms with E-state index in [1.54, 1.807) is 6.20 Å². The smallest absolute Gasteiger partial charge is 0.497 e. The van der Waals surface area contributed by atoms with Gasteiger partial charge in [-0.1, -0.05) is 78.7 Å². The zero-order chi connectivity index (χ0) is 26.3. The van der Waals surface area contributed by atoms with E-state index < -0.39 is 0 Å². The average Bonchev–Trinajstić information content (AvgIpc) is 3.63. The molecule has 3 aromatic carbocycles. The Labute approximate surface area is 244 Å². The SMILES string of the molecule is CC(C)(C)c1ccc2c(c1)c1ccc(Oc3[c-]c4c(cc3)c3ncccc3n3ccnc43)[c-]c1c1nccn21.[Pt+2]. The van der Waals surface area contributed by atoms with E-state index in [0.717, 1.165) is 49.4 Å². The van der Waals surface area contributed by atoms with Crippen LogP contribution in [-0.4, -0.2) is 23.8 Å². The number of hydrogen-bond acceptors (Lipinski definition) is 4. The van der Waals surface area contributed by atoms with Crippen molar-refractivity contribution in [1.29, 1.82) is 0 Å². The number of nitrogens with zero attached hydrogens (tertiary/aromatic N) is 5. The van der Waals surface area contributed by atoms with E-state index in [-0.39, 0.29) is 26.5 Å². The summed E-state index contributed by atoms with van der Waals surface area (Å²) in [6, 6.07) is 25.7. The minimum atomic E-state index is 0. The second-order valence-electron chi connectivity index (χ2n) is 10.9. The maximum atomic E-state index is 6.34. The molecule has 0 aliphatic heterocycles. The largest absolute Gasteiger partial charge is 2.00 e. The van der Waals surface area contributed by atoms with Crippen LogP contribution in [0.25, 0.3) is 54.8 Å². The topological polar surface area (TPSA) is 56.7 Å². The molecule has 6 nitrogen and oxygen atoms in total. The number of benzene rings is 3. The van der Waals surface area contributed by atoms with Gasteiger partial charge in [-0.05, 0) is 34.6 Å². The average molecular weight is 701 g/mol. The van der Waals surface area contributed by atoms with Gasteiger partial charge in [0.1, 0.15) is 0 Å². The van der Waals surface area contributed by atoms with Gasteiger partial charge in [-0.2, -0.15) is 0 Å². The predicted octanol–water partition coefficient (Wildman–Crippen LogP) is 7.68. The summed E-state index contributed by atoms with van der Waals surface area (Å²) in [6.45, 7) is 6.71. The molecule has 0 spiro atoms. The monoisotopic (exact) mass is 700 g/mol. The molecule has 7 heteroatoms. The van der Waals surface area contributed by atoms with E-state index >= 15 is 0 Å². The maximum Gasteiger partial charge on any atom is 2.00 e. The van der Waals surface area contributed by atoms with Crippen molar-refractivity contribution in [3.05, 3.63) is 103 Å². The van der Waals surface area contributed by atoms with Crippen molar-refractivity contribution in [2.45, 2.75) is 26.2 Å². The summed E-state index contributed by atoms with van der Waals surface area (Å²) in [7, 11) is 0. The van der Waals surface area contributed by atoms with Gasteiger partial charge in [-0.25, -0.2) is 0 Å². The van der Waals surface area contributed by atoms with Crippen LogP contribution in [0.3, 0.4) is 0 Å². The molecule has 0 saturated heterocycles. The van der Waals surface area contributed by atoms with Gasteiger partial charge in [0.25, 0.3) is 0 Å². The van der Waals surface area contributed by atoms with Gasteiger partial charge in [-0.15, -0.1) is 12.1 Å². The fourth-order valence-electron chi connectivity index (χ4n) is 5.55. The molecule has 5 heterocycles. The second-order valence-corrected chi connectivity index (χ2v) is 10.9. The molecule has 0 amide bonds. The Morgan fingerprint density at radius 2 is 1.32 bits per heavy atom. The van der Waals surface area contributed by atoms with Crippen molar-refractivity contribution < 1.29 is 25.8 Å². The number of aromatic nitrogens is 5. The van der Waals surface area contributed by atoms with Gasteiger partial charge in [-0.3, -0.25) is 15.0 Å². The fourth-order valence-corrected chi connectivity index (χ4v) is 5.55. The third kappa shape index (κ3) is 3.63. The molecule has 8 rings (SSSR count). The third-order valence-electron chi connectivity index (χ3n) is 7.50. The van der Waals surface area contributed by atoms with Gasteiger partial charge in [0.15, 0.2) is 0 Å². The number of imidazole rings is 2. The van der Waals surface area contributed by atoms with Crippen LogP contribution in [0.4, 0.5) is 0 Å². The van der Waals surface area contributed by atoms with Crippen LogP contribution in [0.15, 0.2) is 85.6 Å². The van der Waals surface area contributed by atoms with Crippen LogP contribution in [0.5, 0.6) is 11.5 Å². The summed E-state index contributed by atoms with van der Waals surface area (Å²) in [5.41, 5.74) is 6.04. The van der Waals surface area contributed by atoms with E-state index in [2.05, 4.69) is 82.6 Å². The minimum Gasteiger partial charge on any atom is -0.497 e. The molecule has 0 unspecified atom stereocenters. The van der Waals surface area contributed by atoms with Crippen molar-refractivity contribution >= 4 is 54.8 Å². The van der Waals surface area contributed by atoms with Crippen molar-refractivity contribution in [1.82, 2.24) is 23.8 Å². The normalized spacial score (nSPS) is 12.2. The molecule has 0 atom stereocenters. The summed E-state index contributed by atoms with van der Waals surface area (Å²) in [5.74, 6) is 1.20. The van der Waals surface area contributed by atoms with Gasteiger partial charge in [0, 0.05) is 48.0 Å². The van der Waals surface area contributed by atoms with E-state index in [4.69, 9.17) is 4.74 Å². The molecule has 0 aliphatic rings. The van der Waals surface area contributed by atoms with Gasteiger partial charge < -0.3 is 13.5 Å². The first-order chi connectivity index (χ1) is 19.0. The first-order valence-electron chi connectivity index (χ1n) is 12.9. The maximum absolute atomic E-state index is 6.34. The molecule has 0 aliphatic carbocycles. The van der Waals surface area contributed by atoms with Crippen LogP contribution in [-0.2, 0) is 26.5 Å². The molecule has 0 bridgehead atoms. The van der Waals surface area contributed by atoms with Crippen molar-refractivity contribution in [3.63, 3.8) is 0 Å². The van der Waals surface area contributed by atoms with Gasteiger partial charge >= 0.3 is 21.1 Å². The van der Waals surface area contributed by atoms with E-state index in [0.29, 0.717) is 11.5 Å². The van der Waals surface area contributed by atoms with Crippen molar-refractivity contribution in [3.8, 4) is 11.5 Å². The Bertz CT molecular complexity index is 2260. The first kappa shape index (κ1) is 24.7. The molecular formula is C33H23N5OPt. The summed E-state index contributed by atoms with van der Waals surface area (Å²) in [4.78, 5) is 13.9. The van der Waals surface area contributed by atoms with E-state index in [1.165, 1.54) is 10.9 Å². The molecule has 196 valence electrons. The quantitative estimate of drug-likeness (QED) is 0.137. The van der Waals surface area contributed by atoms with Crippen LogP contribution in [0, 0.1) is 12.1 Å². The van der Waals surface area contributed by atoms with E-state index in [9.17, 15) is 0 Å². The Balaban J connectivity index is 0.00000264. The molecule has 5 aromatic heterocycles. The standard InChI is InChI=1S/C33H23N5O.Pt/c1-33(2,3)20-6-11-28-25(17-20)23-9-7-21(18-26(23)31-35-13-15-37(28)31)39-22-8-10-24-27(19-22)32-36-14-16-38(32)29-5-4-12-34-30(24)29;/h4-17H,1-3H3;/q-2;+2. The molecule has 8 aromatic rings. The Morgan fingerprint density at radius 3 is 2.02 bits per heavy atom. The first-order valence-corrected chi connectivity index (χ1v) is 12.9. The molecule has 40 heavy (non-hydrogen) atoms. The minimum absolute atomic E-state index is 0. The van der Waals surface area contributed by atoms with Gasteiger partial charge in [0.2, 0.25) is 0 Å². The number of fused-ring (bicyclic) bond motifs is 12. The van der Waals surface area contributed by atoms with E-state index in [1.807, 2.05) is 53.5 Å². The van der Waals surface area contributed by atoms with Gasteiger partial charge in [0.05, 0.1) is 22.3 Å². The summed E-state index contributed by atoms with van der Waals surface area (Å²) in [5, 5.41) is 5.04. The zero-order valence-corrected chi connectivity index (χ0v) is 24.3. The molecule has 0 saturated carbocycles. The summed E-state index contributed by atoms with van der Waals surface area (Å²) >= 11 is 0. The Hall–Kier alpha value is -4.28. The Morgan fingerprint density at radius 1 is 0.675 bits per heavy atom. The number of rotatable bonds is 2. The predicted molar refractivity (Wildman–Crippen MR) is 155 cm³/mol. The van der Waals surface area contributed by atoms with Crippen molar-refractivity contribution in [2.75, 3.05) is 0 Å². The molecule has 0 radical (unpaired) electrons. The van der Waals surface area contributed by atoms with Crippen LogP contribution >= 0.6 is 0 Å². The fraction of sp³-hybridized carbons (Fsp3) is 0.121. The van der Waals surface area contributed by atoms with Crippen LogP contribution in [0.2, 0.25) is 0 Å². The number of hydrogen-bond donors (Lipinski definition) is 0. The van der Waals surface area contributed by atoms with Crippen molar-refractivity contribution in [2.24, 2.45) is 0 Å². The zero-order valence-electron chi connectivity index (χ0n) is 22.0. The number of ether oxygens (including phenoxy) is 1. The summed E-state index contributed by atoms with van der Waals surface area (Å²) < 4.78 is 10.5.